The fourth-order valence-corrected chi connectivity index (χ4v) is 25.7. The molecule has 21 aromatic carbocycles. The van der Waals surface area contributed by atoms with E-state index in [0.717, 1.165) is 27.0 Å². The van der Waals surface area contributed by atoms with Crippen LogP contribution in [0.15, 0.2) is 521 Å². The fraction of sp³-hybridized carbons (Fsp3) is 0.0308. The van der Waals surface area contributed by atoms with E-state index in [0.29, 0.717) is 0 Å². The molecule has 0 amide bonds. The van der Waals surface area contributed by atoms with Crippen LogP contribution in [0.4, 0.5) is 0 Å². The Morgan fingerprint density at radius 1 is 0.190 bits per heavy atom. The van der Waals surface area contributed by atoms with Crippen LogP contribution < -0.4 is 4.74 Å². The molecule has 3 aromatic heterocycles. The summed E-state index contributed by atoms with van der Waals surface area (Å²) < 4.78 is 13.7. The second-order valence-electron chi connectivity index (χ2n) is 36.5. The van der Waals surface area contributed by atoms with Crippen LogP contribution in [0.3, 0.4) is 0 Å². The number of hydrogen-bond donors (Lipinski definition) is 0. The molecule has 7 heteroatoms. The Hall–Kier alpha value is -16.1. The minimum absolute atomic E-state index is 0.0905. The Kier molecular flexibility index (Phi) is 20.0. The summed E-state index contributed by atoms with van der Waals surface area (Å²) in [6.45, 7) is 4.73. The molecule has 0 radical (unpaired) electrons. The summed E-state index contributed by atoms with van der Waals surface area (Å²) in [6, 6.07) is 179. The zero-order chi connectivity index (χ0) is 90.8. The molecule has 6 heterocycles. The monoisotopic (exact) mass is 1800 g/mol. The highest BCUT2D eigenvalue weighted by Gasteiger charge is 2.50. The van der Waals surface area contributed by atoms with Crippen LogP contribution in [-0.4, -0.2) is 13.7 Å². The summed E-state index contributed by atoms with van der Waals surface area (Å²) >= 11 is 5.60. The van der Waals surface area contributed by atoms with Crippen LogP contribution in [0.2, 0.25) is 0 Å². The average molecular weight is 1800 g/mol. The van der Waals surface area contributed by atoms with Crippen molar-refractivity contribution in [3.8, 4) is 118 Å². The molecule has 0 saturated heterocycles. The second-order valence-corrected chi connectivity index (χ2v) is 39.7. The minimum atomic E-state index is -0.380. The minimum Gasteiger partial charge on any atom is -0.455 e. The maximum Gasteiger partial charge on any atom is 0.142 e. The lowest BCUT2D eigenvalue weighted by atomic mass is 9.67. The van der Waals surface area contributed by atoms with E-state index in [4.69, 9.17) is 4.74 Å². The van der Waals surface area contributed by atoms with Gasteiger partial charge in [-0.25, -0.2) is 0 Å². The Balaban J connectivity index is 0.000000106. The van der Waals surface area contributed by atoms with E-state index in [1.54, 1.807) is 11.8 Å². The van der Waals surface area contributed by atoms with Gasteiger partial charge >= 0.3 is 0 Å². The van der Waals surface area contributed by atoms with Gasteiger partial charge in [-0.1, -0.05) is 413 Å². The number of ether oxygens (including phenoxy) is 1. The lowest BCUT2D eigenvalue weighted by Gasteiger charge is -2.39. The van der Waals surface area contributed by atoms with Crippen LogP contribution in [0.25, 0.3) is 171 Å². The van der Waals surface area contributed by atoms with E-state index in [9.17, 15) is 0 Å². The third-order valence-corrected chi connectivity index (χ3v) is 31.7. The van der Waals surface area contributed by atoms with Gasteiger partial charge in [-0.3, -0.25) is 0 Å². The molecular formula is C130H87N3OS3. The van der Waals surface area contributed by atoms with Gasteiger partial charge in [0.1, 0.15) is 11.5 Å². The number of nitrogens with zero attached hydrogens (tertiary/aromatic N) is 3. The van der Waals surface area contributed by atoms with Crippen molar-refractivity contribution in [3.63, 3.8) is 0 Å². The summed E-state index contributed by atoms with van der Waals surface area (Å²) in [4.78, 5) is 7.61. The number of hydrogen-bond acceptors (Lipinski definition) is 4. The van der Waals surface area contributed by atoms with Crippen LogP contribution >= 0.6 is 35.3 Å². The highest BCUT2D eigenvalue weighted by atomic mass is 32.2. The molecule has 4 aliphatic rings. The van der Waals surface area contributed by atoms with Crippen molar-refractivity contribution in [2.24, 2.45) is 0 Å². The second kappa shape index (κ2) is 33.5. The molecule has 646 valence electrons. The standard InChI is InChI=1S/C45H33NS.C43H27NS.C42H27NOS/c1-45(2)39-22-7-9-24-42(39)47-44-40(45)26-25-38-37-21-6-8-23-41(37)46(43(38)44)36-20-12-19-35(29-36)34-18-11-17-33(28-34)32-16-10-15-31(27-32)30-13-4-3-5-14-30;1-2-13-28(14-3-1)29-15-12-16-30(25-29)44-39-23-10-6-19-33(39)34-26-38-42(27-40(34)44)45-41-24-11-9-22-37(41)43(38)35-20-7-4-17-31(35)32-18-5-8-21-36(32)43;1-2-11-28(12-3-1)29-13-8-14-30(23-29)31-15-9-16-32(24-31)33-17-10-18-34(25-33)43-37-20-5-4-19-35(37)36-26-40-42(27-38(36)43)45-41-22-7-6-21-39(41)44-40/h3-29H,1-2H3;2*1-27H. The van der Waals surface area contributed by atoms with Gasteiger partial charge in [0.05, 0.1) is 48.3 Å². The number of fused-ring (bicyclic) bond motifs is 23. The van der Waals surface area contributed by atoms with Gasteiger partial charge in [0, 0.05) is 74.4 Å². The Morgan fingerprint density at radius 3 is 1.03 bits per heavy atom. The Labute approximate surface area is 809 Å². The normalized spacial score (nSPS) is 13.1. The lowest BCUT2D eigenvalue weighted by molar-refractivity contribution is 0.455. The van der Waals surface area contributed by atoms with Crippen LogP contribution in [0.5, 0.6) is 11.5 Å². The molecule has 1 aliphatic carbocycles. The van der Waals surface area contributed by atoms with Crippen molar-refractivity contribution in [3.05, 3.63) is 525 Å². The first kappa shape index (κ1) is 81.6. The van der Waals surface area contributed by atoms with Crippen molar-refractivity contribution in [2.45, 2.75) is 54.1 Å². The predicted octanol–water partition coefficient (Wildman–Crippen LogP) is 35.9. The molecule has 28 rings (SSSR count). The highest BCUT2D eigenvalue weighted by Crippen LogP contribution is 2.64. The molecular weight excluding hydrogens is 1720 g/mol. The first-order chi connectivity index (χ1) is 67.7. The molecule has 0 atom stereocenters. The summed E-state index contributed by atoms with van der Waals surface area (Å²) in [6.07, 6.45) is 0. The molecule has 0 bridgehead atoms. The molecule has 0 unspecified atom stereocenters. The van der Waals surface area contributed by atoms with Crippen molar-refractivity contribution in [2.75, 3.05) is 0 Å². The van der Waals surface area contributed by atoms with Crippen LogP contribution in [-0.2, 0) is 10.8 Å². The van der Waals surface area contributed by atoms with Gasteiger partial charge in [-0.15, -0.1) is 0 Å². The summed E-state index contributed by atoms with van der Waals surface area (Å²) in [5.74, 6) is 1.83. The molecule has 0 saturated carbocycles. The van der Waals surface area contributed by atoms with Crippen molar-refractivity contribution in [1.82, 2.24) is 13.7 Å². The SMILES string of the molecule is CC1(C)c2ccccc2Sc2c1ccc1c3ccccc3n(-c3cccc(-c4cccc(-c5cccc(-c6ccccc6)c5)c4)c3)c21.c1ccc(-c2cccc(-c3cccc(-c4cccc(-n5c6ccccc6c6cc7c(cc65)Sc5ccccc5O7)c4)c3)c2)cc1.c1ccc(-c2cccc(-n3c4ccccc4c4cc5c(cc43)Sc3ccccc3C53c4ccccc4-c4ccccc43)c2)cc1. The summed E-state index contributed by atoms with van der Waals surface area (Å²) in [5, 5.41) is 7.55. The third-order valence-electron chi connectivity index (χ3n) is 28.3. The van der Waals surface area contributed by atoms with Crippen LogP contribution in [0, 0.1) is 0 Å². The summed E-state index contributed by atoms with van der Waals surface area (Å²) in [5.41, 5.74) is 38.3. The maximum atomic E-state index is 6.38. The van der Waals surface area contributed by atoms with Gasteiger partial charge in [0.2, 0.25) is 0 Å². The van der Waals surface area contributed by atoms with Crippen LogP contribution in [0.1, 0.15) is 47.2 Å². The van der Waals surface area contributed by atoms with Crippen molar-refractivity contribution < 1.29 is 4.74 Å². The topological polar surface area (TPSA) is 24.0 Å². The van der Waals surface area contributed by atoms with E-state index in [2.05, 4.69) is 507 Å². The number of rotatable bonds is 10. The average Bonchev–Trinajstić information content (AvgIpc) is 1.55. The Bertz CT molecular complexity index is 8920. The molecule has 24 aromatic rings. The molecule has 4 nitrogen and oxygen atoms in total. The third kappa shape index (κ3) is 13.8. The predicted molar refractivity (Wildman–Crippen MR) is 575 cm³/mol. The van der Waals surface area contributed by atoms with E-state index in [1.807, 2.05) is 35.7 Å². The molecule has 0 fully saturated rings. The van der Waals surface area contributed by atoms with Crippen molar-refractivity contribution in [1.29, 1.82) is 0 Å². The van der Waals surface area contributed by atoms with Gasteiger partial charge < -0.3 is 18.4 Å². The van der Waals surface area contributed by atoms with Gasteiger partial charge in [0.25, 0.3) is 0 Å². The van der Waals surface area contributed by atoms with Gasteiger partial charge in [-0.05, 0) is 250 Å². The first-order valence-corrected chi connectivity index (χ1v) is 49.4. The number of benzene rings is 21. The Morgan fingerprint density at radius 2 is 0.533 bits per heavy atom. The van der Waals surface area contributed by atoms with Gasteiger partial charge in [0.15, 0.2) is 0 Å². The first-order valence-electron chi connectivity index (χ1n) is 47.0. The maximum absolute atomic E-state index is 6.38. The highest BCUT2D eigenvalue weighted by molar-refractivity contribution is 8.00. The molecule has 0 N–H and O–H groups in total. The molecule has 137 heavy (non-hydrogen) atoms. The fourth-order valence-electron chi connectivity index (χ4n) is 22.0. The zero-order valence-corrected chi connectivity index (χ0v) is 77.7. The van der Waals surface area contributed by atoms with E-state index >= 15 is 0 Å². The molecule has 1 spiro atoms. The number of aromatic nitrogens is 3. The quantitative estimate of drug-likeness (QED) is 0.136. The van der Waals surface area contributed by atoms with E-state index in [1.165, 1.54) is 219 Å². The summed E-state index contributed by atoms with van der Waals surface area (Å²) in [7, 11) is 0. The largest absolute Gasteiger partial charge is 0.455 e. The zero-order valence-electron chi connectivity index (χ0n) is 75.2. The van der Waals surface area contributed by atoms with Gasteiger partial charge in [-0.2, -0.15) is 0 Å². The van der Waals surface area contributed by atoms with E-state index < -0.39 is 0 Å². The van der Waals surface area contributed by atoms with E-state index in [-0.39, 0.29) is 10.8 Å². The lowest BCUT2D eigenvalue weighted by Crippen LogP contribution is -2.31. The smallest absolute Gasteiger partial charge is 0.142 e. The number of para-hydroxylation sites is 4. The van der Waals surface area contributed by atoms with Crippen molar-refractivity contribution >= 4 is 101 Å². The molecule has 3 aliphatic heterocycles.